The number of rotatable bonds is 6. The predicted octanol–water partition coefficient (Wildman–Crippen LogP) is 2.48. The second-order valence-corrected chi connectivity index (χ2v) is 7.65. The van der Waals surface area contributed by atoms with Crippen molar-refractivity contribution in [2.75, 3.05) is 16.6 Å². The van der Waals surface area contributed by atoms with Gasteiger partial charge in [0.15, 0.2) is 0 Å². The lowest BCUT2D eigenvalue weighted by Crippen LogP contribution is -2.32. The van der Waals surface area contributed by atoms with E-state index in [1.165, 1.54) is 15.0 Å². The van der Waals surface area contributed by atoms with Crippen LogP contribution in [-0.2, 0) is 10.0 Å². The zero-order valence-electron chi connectivity index (χ0n) is 14.2. The van der Waals surface area contributed by atoms with Crippen LogP contribution in [0.2, 0.25) is 0 Å². The van der Waals surface area contributed by atoms with Gasteiger partial charge in [-0.25, -0.2) is 17.9 Å². The van der Waals surface area contributed by atoms with Crippen molar-refractivity contribution in [1.29, 1.82) is 0 Å². The number of benzene rings is 1. The molecule has 26 heavy (non-hydrogen) atoms. The van der Waals surface area contributed by atoms with E-state index in [1.807, 2.05) is 0 Å². The maximum atomic E-state index is 12.3. The van der Waals surface area contributed by atoms with Crippen LogP contribution in [0.1, 0.15) is 13.8 Å². The van der Waals surface area contributed by atoms with Gasteiger partial charge >= 0.3 is 5.69 Å². The lowest BCUT2D eigenvalue weighted by molar-refractivity contribution is -0.383. The Kier molecular flexibility index (Phi) is 4.60. The summed E-state index contributed by atoms with van der Waals surface area (Å²) < 4.78 is 27.3. The Labute approximate surface area is 150 Å². The molecule has 2 heterocycles. The van der Waals surface area contributed by atoms with Crippen molar-refractivity contribution in [3.05, 3.63) is 52.8 Å². The molecule has 0 amide bonds. The van der Waals surface area contributed by atoms with Crippen molar-refractivity contribution in [2.45, 2.75) is 13.8 Å². The highest BCUT2D eigenvalue weighted by Gasteiger charge is 2.21. The molecule has 0 N–H and O–H groups in total. The first kappa shape index (κ1) is 17.8. The van der Waals surface area contributed by atoms with Gasteiger partial charge in [-0.2, -0.15) is 5.10 Å². The molecule has 10 heteroatoms. The summed E-state index contributed by atoms with van der Waals surface area (Å²) in [6.07, 6.45) is 2.61. The third kappa shape index (κ3) is 2.99. The first-order chi connectivity index (χ1) is 12.4. The number of anilines is 1. The maximum absolute atomic E-state index is 12.3. The molecule has 0 atom stereocenters. The lowest BCUT2D eigenvalue weighted by Gasteiger charge is -2.22. The third-order valence-electron chi connectivity index (χ3n) is 4.00. The summed E-state index contributed by atoms with van der Waals surface area (Å²) in [5.41, 5.74) is 1.73. The maximum Gasteiger partial charge on any atom is 0.333 e. The van der Waals surface area contributed by atoms with Crippen LogP contribution in [0.4, 0.5) is 11.4 Å². The topological polar surface area (TPSA) is 111 Å². The van der Waals surface area contributed by atoms with Gasteiger partial charge in [0.25, 0.3) is 0 Å². The molecule has 0 aliphatic heterocycles. The van der Waals surface area contributed by atoms with Crippen LogP contribution in [0.15, 0.2) is 42.7 Å². The van der Waals surface area contributed by atoms with E-state index in [2.05, 4.69) is 10.1 Å². The van der Waals surface area contributed by atoms with Crippen LogP contribution >= 0.6 is 0 Å². The molecule has 2 aromatic heterocycles. The SMILES string of the molecule is CCN(c1cccc(-c2ccnc3c([N+](=O)[O-])cnn23)c1)S(=O)(=O)CC. The normalized spacial score (nSPS) is 11.6. The minimum absolute atomic E-state index is 0.00405. The molecule has 9 nitrogen and oxygen atoms in total. The second-order valence-electron chi connectivity index (χ2n) is 5.47. The van der Waals surface area contributed by atoms with Crippen molar-refractivity contribution in [1.82, 2.24) is 14.6 Å². The summed E-state index contributed by atoms with van der Waals surface area (Å²) >= 11 is 0. The van der Waals surface area contributed by atoms with E-state index in [4.69, 9.17) is 0 Å². The molecule has 0 aliphatic rings. The van der Waals surface area contributed by atoms with E-state index in [9.17, 15) is 18.5 Å². The molecule has 0 aliphatic carbocycles. The molecule has 3 aromatic rings. The molecular weight excluding hydrogens is 358 g/mol. The Morgan fingerprint density at radius 1 is 1.27 bits per heavy atom. The van der Waals surface area contributed by atoms with Crippen LogP contribution in [-0.4, -0.2) is 40.2 Å². The summed E-state index contributed by atoms with van der Waals surface area (Å²) in [5.74, 6) is -0.00405. The van der Waals surface area contributed by atoms with Crippen molar-refractivity contribution in [2.24, 2.45) is 0 Å². The van der Waals surface area contributed by atoms with Crippen molar-refractivity contribution < 1.29 is 13.3 Å². The number of sulfonamides is 1. The molecule has 136 valence electrons. The Morgan fingerprint density at radius 3 is 2.69 bits per heavy atom. The monoisotopic (exact) mass is 375 g/mol. The van der Waals surface area contributed by atoms with Gasteiger partial charge in [0, 0.05) is 18.3 Å². The van der Waals surface area contributed by atoms with Gasteiger partial charge in [-0.3, -0.25) is 14.4 Å². The second kappa shape index (κ2) is 6.71. The van der Waals surface area contributed by atoms with E-state index in [0.717, 1.165) is 6.20 Å². The Hall–Kier alpha value is -3.01. The fourth-order valence-corrected chi connectivity index (χ4v) is 3.88. The van der Waals surface area contributed by atoms with Crippen LogP contribution in [0.3, 0.4) is 0 Å². The lowest BCUT2D eigenvalue weighted by atomic mass is 10.1. The van der Waals surface area contributed by atoms with Gasteiger partial charge in [-0.05, 0) is 32.0 Å². The fraction of sp³-hybridized carbons (Fsp3) is 0.250. The highest BCUT2D eigenvalue weighted by atomic mass is 32.2. The largest absolute Gasteiger partial charge is 0.333 e. The summed E-state index contributed by atoms with van der Waals surface area (Å²) in [4.78, 5) is 14.6. The van der Waals surface area contributed by atoms with Crippen molar-refractivity contribution >= 4 is 27.0 Å². The molecule has 1 aromatic carbocycles. The Morgan fingerprint density at radius 2 is 2.04 bits per heavy atom. The smallest absolute Gasteiger partial charge is 0.271 e. The number of fused-ring (bicyclic) bond motifs is 1. The quantitative estimate of drug-likeness (QED) is 0.483. The van der Waals surface area contributed by atoms with E-state index in [1.54, 1.807) is 44.2 Å². The molecule has 0 bridgehead atoms. The Bertz CT molecular complexity index is 1080. The fourth-order valence-electron chi connectivity index (χ4n) is 2.74. The summed E-state index contributed by atoms with van der Waals surface area (Å²) in [5, 5.41) is 15.1. The molecular formula is C16H17N5O4S. The predicted molar refractivity (Wildman–Crippen MR) is 97.6 cm³/mol. The highest BCUT2D eigenvalue weighted by molar-refractivity contribution is 7.92. The third-order valence-corrected chi connectivity index (χ3v) is 5.87. The number of aromatic nitrogens is 3. The van der Waals surface area contributed by atoms with Crippen LogP contribution in [0, 0.1) is 10.1 Å². The number of nitrogens with zero attached hydrogens (tertiary/aromatic N) is 5. The molecule has 0 unspecified atom stereocenters. The molecule has 0 fully saturated rings. The van der Waals surface area contributed by atoms with Gasteiger partial charge in [0.2, 0.25) is 15.7 Å². The van der Waals surface area contributed by atoms with Gasteiger partial charge < -0.3 is 0 Å². The van der Waals surface area contributed by atoms with Crippen LogP contribution in [0.5, 0.6) is 0 Å². The average molecular weight is 375 g/mol. The van der Waals surface area contributed by atoms with Crippen molar-refractivity contribution in [3.8, 4) is 11.3 Å². The number of hydrogen-bond acceptors (Lipinski definition) is 6. The van der Waals surface area contributed by atoms with E-state index in [0.29, 0.717) is 23.5 Å². The number of nitro groups is 1. The molecule has 0 spiro atoms. The Balaban J connectivity index is 2.15. The zero-order chi connectivity index (χ0) is 18.9. The van der Waals surface area contributed by atoms with E-state index in [-0.39, 0.29) is 17.1 Å². The summed E-state index contributed by atoms with van der Waals surface area (Å²) in [7, 11) is -3.40. The van der Waals surface area contributed by atoms with Crippen molar-refractivity contribution in [3.63, 3.8) is 0 Å². The van der Waals surface area contributed by atoms with Crippen LogP contribution in [0.25, 0.3) is 16.9 Å². The molecule has 0 saturated carbocycles. The van der Waals surface area contributed by atoms with Gasteiger partial charge in [0.05, 0.1) is 22.1 Å². The molecule has 3 rings (SSSR count). The molecule has 0 radical (unpaired) electrons. The standard InChI is InChI=1S/C16H17N5O4S/c1-3-19(26(24,25)4-2)13-7-5-6-12(10-13)14-8-9-17-16-15(21(22)23)11-18-20(14)16/h5-11H,3-4H2,1-2H3. The minimum atomic E-state index is -3.40. The number of hydrogen-bond donors (Lipinski definition) is 0. The zero-order valence-corrected chi connectivity index (χ0v) is 15.0. The summed E-state index contributed by atoms with van der Waals surface area (Å²) in [6.45, 7) is 3.66. The minimum Gasteiger partial charge on any atom is -0.271 e. The van der Waals surface area contributed by atoms with Gasteiger partial charge in [0.1, 0.15) is 6.20 Å². The first-order valence-electron chi connectivity index (χ1n) is 7.97. The summed E-state index contributed by atoms with van der Waals surface area (Å²) in [6, 6.07) is 8.64. The van der Waals surface area contributed by atoms with Gasteiger partial charge in [-0.1, -0.05) is 12.1 Å². The highest BCUT2D eigenvalue weighted by Crippen LogP contribution is 2.28. The average Bonchev–Trinajstić information content (AvgIpc) is 3.06. The van der Waals surface area contributed by atoms with E-state index < -0.39 is 14.9 Å². The first-order valence-corrected chi connectivity index (χ1v) is 9.58. The van der Waals surface area contributed by atoms with E-state index >= 15 is 0 Å². The van der Waals surface area contributed by atoms with Gasteiger partial charge in [-0.15, -0.1) is 0 Å². The molecule has 0 saturated heterocycles. The van der Waals surface area contributed by atoms with Crippen LogP contribution < -0.4 is 4.31 Å².